The third kappa shape index (κ3) is 5.42. The summed E-state index contributed by atoms with van der Waals surface area (Å²) < 4.78 is 4.86. The number of aliphatic carboxylic acids is 1. The van der Waals surface area contributed by atoms with Gasteiger partial charge in [-0.15, -0.1) is 0 Å². The molecule has 0 saturated heterocycles. The average molecular weight is 338 g/mol. The number of hydrogen-bond donors (Lipinski definition) is 1. The number of aryl methyl sites for hydroxylation is 1. The minimum Gasteiger partial charge on any atom is -0.478 e. The van der Waals surface area contributed by atoms with Crippen molar-refractivity contribution < 1.29 is 24.2 Å². The largest absolute Gasteiger partial charge is 0.478 e. The van der Waals surface area contributed by atoms with E-state index in [0.29, 0.717) is 6.08 Å². The number of ketones is 1. The summed E-state index contributed by atoms with van der Waals surface area (Å²) in [6.07, 6.45) is 1.44. The van der Waals surface area contributed by atoms with Crippen molar-refractivity contribution in [1.82, 2.24) is 0 Å². The summed E-state index contributed by atoms with van der Waals surface area (Å²) in [6.45, 7) is 1.52. The number of Topliss-reactive ketones (excluding diaryl/α,β-unsaturated/α-hetero) is 1. The van der Waals surface area contributed by atoms with E-state index < -0.39 is 24.5 Å². The lowest BCUT2D eigenvalue weighted by molar-refractivity contribution is -0.143. The van der Waals surface area contributed by atoms with Gasteiger partial charge in [0.05, 0.1) is 5.92 Å². The Morgan fingerprint density at radius 2 is 1.56 bits per heavy atom. The Balaban J connectivity index is 2.18. The average Bonchev–Trinajstić information content (AvgIpc) is 2.61. The molecule has 0 fully saturated rings. The molecule has 0 aromatic heterocycles. The second-order valence-electron chi connectivity index (χ2n) is 5.50. The van der Waals surface area contributed by atoms with Crippen LogP contribution in [0.25, 0.3) is 0 Å². The highest BCUT2D eigenvalue weighted by atomic mass is 16.5. The van der Waals surface area contributed by atoms with Gasteiger partial charge in [0.15, 0.2) is 12.4 Å². The Morgan fingerprint density at radius 1 is 0.960 bits per heavy atom. The van der Waals surface area contributed by atoms with E-state index in [1.165, 1.54) is 0 Å². The molecule has 0 radical (unpaired) electrons. The maximum absolute atomic E-state index is 12.7. The van der Waals surface area contributed by atoms with E-state index in [1.54, 1.807) is 0 Å². The van der Waals surface area contributed by atoms with Gasteiger partial charge in [0.2, 0.25) is 0 Å². The summed E-state index contributed by atoms with van der Waals surface area (Å²) in [5.41, 5.74) is 2.68. The van der Waals surface area contributed by atoms with Gasteiger partial charge in [-0.2, -0.15) is 0 Å². The maximum Gasteiger partial charge on any atom is 0.331 e. The van der Waals surface area contributed by atoms with Crippen LogP contribution >= 0.6 is 0 Å². The van der Waals surface area contributed by atoms with Crippen molar-refractivity contribution in [3.05, 3.63) is 83.4 Å². The van der Waals surface area contributed by atoms with Crippen molar-refractivity contribution in [3.63, 3.8) is 0 Å². The van der Waals surface area contributed by atoms with Gasteiger partial charge in [0.1, 0.15) is 0 Å². The number of benzene rings is 2. The van der Waals surface area contributed by atoms with Gasteiger partial charge < -0.3 is 9.84 Å². The van der Waals surface area contributed by atoms with Gasteiger partial charge in [0, 0.05) is 12.2 Å². The number of hydrogen-bond acceptors (Lipinski definition) is 4. The predicted molar refractivity (Wildman–Crippen MR) is 92.2 cm³/mol. The summed E-state index contributed by atoms with van der Waals surface area (Å²) in [7, 11) is 0. The smallest absolute Gasteiger partial charge is 0.331 e. The summed E-state index contributed by atoms with van der Waals surface area (Å²) in [5.74, 6) is -2.97. The lowest BCUT2D eigenvalue weighted by Gasteiger charge is -2.17. The van der Waals surface area contributed by atoms with Crippen molar-refractivity contribution >= 4 is 17.7 Å². The molecule has 0 amide bonds. The van der Waals surface area contributed by atoms with Crippen molar-refractivity contribution in [1.29, 1.82) is 0 Å². The molecule has 0 spiro atoms. The Labute approximate surface area is 145 Å². The summed E-state index contributed by atoms with van der Waals surface area (Å²) in [6, 6.07) is 16.8. The summed E-state index contributed by atoms with van der Waals surface area (Å²) in [4.78, 5) is 34.5. The molecular weight excluding hydrogens is 320 g/mol. The fourth-order valence-corrected chi connectivity index (χ4v) is 2.38. The molecule has 2 aromatic carbocycles. The van der Waals surface area contributed by atoms with Gasteiger partial charge in [0.25, 0.3) is 0 Å². The van der Waals surface area contributed by atoms with E-state index >= 15 is 0 Å². The molecule has 0 aliphatic carbocycles. The van der Waals surface area contributed by atoms with Gasteiger partial charge in [-0.25, -0.2) is 9.59 Å². The molecule has 0 aliphatic heterocycles. The van der Waals surface area contributed by atoms with E-state index in [9.17, 15) is 14.4 Å². The quantitative estimate of drug-likeness (QED) is 0.620. The fourth-order valence-electron chi connectivity index (χ4n) is 2.38. The first-order valence-electron chi connectivity index (χ1n) is 7.69. The first-order chi connectivity index (χ1) is 12.0. The lowest BCUT2D eigenvalue weighted by Crippen LogP contribution is -2.21. The van der Waals surface area contributed by atoms with Gasteiger partial charge in [-0.3, -0.25) is 4.79 Å². The Kier molecular flexibility index (Phi) is 6.23. The third-order valence-electron chi connectivity index (χ3n) is 3.58. The molecule has 2 aromatic rings. The highest BCUT2D eigenvalue weighted by Crippen LogP contribution is 2.26. The summed E-state index contributed by atoms with van der Waals surface area (Å²) in [5, 5.41) is 8.49. The predicted octanol–water partition coefficient (Wildman–Crippen LogP) is 2.88. The van der Waals surface area contributed by atoms with Crippen LogP contribution in [0.3, 0.4) is 0 Å². The molecule has 0 aliphatic rings. The number of ether oxygens (including phenoxy) is 1. The van der Waals surface area contributed by atoms with E-state index in [-0.39, 0.29) is 5.78 Å². The number of carboxylic acids is 1. The number of rotatable bonds is 7. The Morgan fingerprint density at radius 3 is 2.16 bits per heavy atom. The number of carboxylic acid groups (broad SMARTS) is 1. The molecule has 0 heterocycles. The van der Waals surface area contributed by atoms with Crippen LogP contribution in [-0.4, -0.2) is 29.4 Å². The lowest BCUT2D eigenvalue weighted by atomic mass is 9.87. The van der Waals surface area contributed by atoms with Crippen LogP contribution in [-0.2, 0) is 19.1 Å². The third-order valence-corrected chi connectivity index (χ3v) is 3.58. The van der Waals surface area contributed by atoms with Gasteiger partial charge in [-0.1, -0.05) is 60.2 Å². The maximum atomic E-state index is 12.7. The molecular formula is C20H18O5. The Hall–Kier alpha value is -3.21. The second-order valence-corrected chi connectivity index (χ2v) is 5.50. The van der Waals surface area contributed by atoms with Crippen LogP contribution < -0.4 is 0 Å². The minimum absolute atomic E-state index is 0.285. The number of carbonyl (C=O) groups excluding carboxylic acids is 2. The van der Waals surface area contributed by atoms with Gasteiger partial charge in [-0.05, 0) is 18.1 Å². The van der Waals surface area contributed by atoms with Crippen LogP contribution in [0.15, 0.2) is 66.7 Å². The van der Waals surface area contributed by atoms with E-state index in [1.807, 2.05) is 61.5 Å². The van der Waals surface area contributed by atoms with E-state index in [0.717, 1.165) is 22.8 Å². The fraction of sp³-hybridized carbons (Fsp3) is 0.150. The molecule has 25 heavy (non-hydrogen) atoms. The number of carbonyl (C=O) groups is 3. The second kappa shape index (κ2) is 8.59. The first-order valence-corrected chi connectivity index (χ1v) is 7.69. The molecule has 1 N–H and O–H groups in total. The molecule has 128 valence electrons. The number of esters is 1. The summed E-state index contributed by atoms with van der Waals surface area (Å²) >= 11 is 0. The minimum atomic E-state index is -1.26. The standard InChI is InChI=1S/C20H18O5/c1-14-7-9-16(10-8-14)20(15-5-3-2-4-6-15)17(21)13-25-19(24)12-11-18(22)23/h2-12,20H,13H2,1H3,(H,22,23)/b12-11+. The molecule has 5 nitrogen and oxygen atoms in total. The van der Waals surface area contributed by atoms with Gasteiger partial charge >= 0.3 is 11.9 Å². The van der Waals surface area contributed by atoms with Crippen LogP contribution in [0, 0.1) is 6.92 Å². The van der Waals surface area contributed by atoms with Crippen molar-refractivity contribution in [2.24, 2.45) is 0 Å². The zero-order valence-electron chi connectivity index (χ0n) is 13.7. The molecule has 5 heteroatoms. The molecule has 2 rings (SSSR count). The van der Waals surface area contributed by atoms with Crippen LogP contribution in [0.1, 0.15) is 22.6 Å². The van der Waals surface area contributed by atoms with Crippen LogP contribution in [0.5, 0.6) is 0 Å². The zero-order chi connectivity index (χ0) is 18.2. The highest BCUT2D eigenvalue weighted by molar-refractivity contribution is 5.94. The van der Waals surface area contributed by atoms with E-state index in [4.69, 9.17) is 9.84 Å². The Bertz CT molecular complexity index is 775. The molecule has 0 bridgehead atoms. The van der Waals surface area contributed by atoms with Crippen molar-refractivity contribution in [3.8, 4) is 0 Å². The van der Waals surface area contributed by atoms with Crippen molar-refractivity contribution in [2.45, 2.75) is 12.8 Å². The van der Waals surface area contributed by atoms with Crippen LogP contribution in [0.2, 0.25) is 0 Å². The topological polar surface area (TPSA) is 80.7 Å². The highest BCUT2D eigenvalue weighted by Gasteiger charge is 2.23. The van der Waals surface area contributed by atoms with E-state index in [2.05, 4.69) is 0 Å². The van der Waals surface area contributed by atoms with Crippen molar-refractivity contribution in [2.75, 3.05) is 6.61 Å². The van der Waals surface area contributed by atoms with Crippen LogP contribution in [0.4, 0.5) is 0 Å². The normalized spacial score (nSPS) is 11.9. The molecule has 1 unspecified atom stereocenters. The zero-order valence-corrected chi connectivity index (χ0v) is 13.7. The molecule has 0 saturated carbocycles. The SMILES string of the molecule is Cc1ccc(C(C(=O)COC(=O)/C=C/C(=O)O)c2ccccc2)cc1. The monoisotopic (exact) mass is 338 g/mol. The first kappa shape index (κ1) is 18.1. The molecule has 1 atom stereocenters.